The van der Waals surface area contributed by atoms with Crippen LogP contribution in [0.4, 0.5) is 0 Å². The molecule has 3 heterocycles. The summed E-state index contributed by atoms with van der Waals surface area (Å²) in [4.78, 5) is 25.3. The minimum absolute atomic E-state index is 0.647. The molecule has 0 aliphatic rings. The fourth-order valence-electron chi connectivity index (χ4n) is 6.92. The molecule has 0 atom stereocenters. The molecule has 248 valence electrons. The lowest BCUT2D eigenvalue weighted by atomic mass is 10.0. The summed E-state index contributed by atoms with van der Waals surface area (Å²) >= 11 is 1.74. The van der Waals surface area contributed by atoms with Gasteiger partial charge in [-0.15, -0.1) is 11.3 Å². The maximum absolute atomic E-state index is 5.21. The lowest BCUT2D eigenvalue weighted by Crippen LogP contribution is -2.00. The van der Waals surface area contributed by atoms with Gasteiger partial charge in [-0.05, 0) is 29.3 Å². The van der Waals surface area contributed by atoms with Crippen molar-refractivity contribution in [1.82, 2.24) is 24.9 Å². The molecule has 0 amide bonds. The zero-order valence-corrected chi connectivity index (χ0v) is 29.2. The third-order valence-electron chi connectivity index (χ3n) is 9.57. The Kier molecular flexibility index (Phi) is 7.59. The van der Waals surface area contributed by atoms with Crippen molar-refractivity contribution in [3.63, 3.8) is 0 Å². The number of benzene rings is 7. The predicted octanol–water partition coefficient (Wildman–Crippen LogP) is 12.2. The Balaban J connectivity index is 1.09. The number of hydrogen-bond donors (Lipinski definition) is 0. The van der Waals surface area contributed by atoms with E-state index in [0.717, 1.165) is 59.2 Å². The molecular formula is C47H29N5S. The molecule has 0 aliphatic heterocycles. The summed E-state index contributed by atoms with van der Waals surface area (Å²) in [5, 5.41) is 3.36. The zero-order valence-electron chi connectivity index (χ0n) is 28.4. The summed E-state index contributed by atoms with van der Waals surface area (Å²) in [6, 6.07) is 60.5. The van der Waals surface area contributed by atoms with Crippen LogP contribution in [-0.2, 0) is 0 Å². The van der Waals surface area contributed by atoms with Gasteiger partial charge in [0.15, 0.2) is 23.3 Å². The summed E-state index contributed by atoms with van der Waals surface area (Å²) < 4.78 is 2.28. The van der Waals surface area contributed by atoms with Gasteiger partial charge in [-0.1, -0.05) is 158 Å². The van der Waals surface area contributed by atoms with Crippen LogP contribution < -0.4 is 0 Å². The van der Waals surface area contributed by atoms with Crippen molar-refractivity contribution in [1.29, 1.82) is 0 Å². The number of hydrogen-bond acceptors (Lipinski definition) is 6. The summed E-state index contributed by atoms with van der Waals surface area (Å²) in [7, 11) is 0. The Morgan fingerprint density at radius 2 is 0.849 bits per heavy atom. The zero-order chi connectivity index (χ0) is 35.1. The summed E-state index contributed by atoms with van der Waals surface area (Å²) in [6.07, 6.45) is 0. The Labute approximate surface area is 310 Å². The van der Waals surface area contributed by atoms with Gasteiger partial charge < -0.3 is 0 Å². The van der Waals surface area contributed by atoms with E-state index < -0.39 is 0 Å². The van der Waals surface area contributed by atoms with Crippen molar-refractivity contribution < 1.29 is 0 Å². The van der Waals surface area contributed by atoms with Crippen molar-refractivity contribution in [2.45, 2.75) is 0 Å². The first-order valence-corrected chi connectivity index (χ1v) is 18.3. The molecule has 10 aromatic rings. The predicted molar refractivity (Wildman–Crippen MR) is 218 cm³/mol. The highest BCUT2D eigenvalue weighted by Crippen LogP contribution is 2.41. The van der Waals surface area contributed by atoms with Crippen LogP contribution in [0.2, 0.25) is 0 Å². The van der Waals surface area contributed by atoms with Crippen molar-refractivity contribution >= 4 is 42.4 Å². The van der Waals surface area contributed by atoms with Crippen LogP contribution in [-0.4, -0.2) is 24.9 Å². The molecule has 6 heteroatoms. The second kappa shape index (κ2) is 13.0. The van der Waals surface area contributed by atoms with Crippen LogP contribution in [0.25, 0.3) is 99.0 Å². The molecule has 0 spiro atoms. The summed E-state index contributed by atoms with van der Waals surface area (Å²) in [5.41, 5.74) is 9.09. The average molecular weight is 696 g/mol. The quantitative estimate of drug-likeness (QED) is 0.173. The maximum Gasteiger partial charge on any atom is 0.165 e. The summed E-state index contributed by atoms with van der Waals surface area (Å²) in [5.74, 6) is 2.64. The molecule has 0 aliphatic carbocycles. The fraction of sp³-hybridized carbons (Fsp3) is 0. The Hall–Kier alpha value is -6.89. The molecular weight excluding hydrogens is 667 g/mol. The monoisotopic (exact) mass is 695 g/mol. The van der Waals surface area contributed by atoms with Crippen LogP contribution in [0, 0.1) is 0 Å². The molecule has 0 saturated carbocycles. The standard InChI is InChI=1S/C47H29N5S/c1-4-13-30(14-5-1)31-23-25-32(26-24-31)42-38-19-10-11-22-40(38)48-46(49-42)35-27-28-36-37-20-12-21-39(43(37)53-41(36)29-35)47-51-44(33-15-6-2-7-16-33)50-45(52-47)34-17-8-3-9-18-34/h1-29H. The van der Waals surface area contributed by atoms with Gasteiger partial charge in [0.2, 0.25) is 0 Å². The number of thiophene rings is 1. The maximum atomic E-state index is 5.21. The van der Waals surface area contributed by atoms with Crippen LogP contribution >= 0.6 is 11.3 Å². The van der Waals surface area contributed by atoms with Gasteiger partial charge in [0.05, 0.1) is 11.2 Å². The SMILES string of the molecule is c1ccc(-c2ccc(-c3nc(-c4ccc5c(c4)sc4c(-c6nc(-c7ccccc7)nc(-c7ccccc7)n6)cccc45)nc4ccccc34)cc2)cc1. The minimum atomic E-state index is 0.647. The minimum Gasteiger partial charge on any atom is -0.228 e. The fourth-order valence-corrected chi connectivity index (χ4v) is 8.17. The second-order valence-electron chi connectivity index (χ2n) is 12.9. The number of nitrogens with zero attached hydrogens (tertiary/aromatic N) is 5. The van der Waals surface area contributed by atoms with Gasteiger partial charge in [0.1, 0.15) is 0 Å². The van der Waals surface area contributed by atoms with Gasteiger partial charge in [-0.25, -0.2) is 24.9 Å². The van der Waals surface area contributed by atoms with Gasteiger partial charge >= 0.3 is 0 Å². The Morgan fingerprint density at radius 1 is 0.321 bits per heavy atom. The first-order valence-electron chi connectivity index (χ1n) is 17.5. The smallest absolute Gasteiger partial charge is 0.165 e. The molecule has 10 rings (SSSR count). The van der Waals surface area contributed by atoms with Crippen molar-refractivity contribution in [3.8, 4) is 67.9 Å². The second-order valence-corrected chi connectivity index (χ2v) is 13.9. The lowest BCUT2D eigenvalue weighted by Gasteiger charge is -2.10. The van der Waals surface area contributed by atoms with Crippen molar-refractivity contribution in [3.05, 3.63) is 176 Å². The first kappa shape index (κ1) is 30.9. The normalized spacial score (nSPS) is 11.4. The van der Waals surface area contributed by atoms with Crippen LogP contribution in [0.3, 0.4) is 0 Å². The lowest BCUT2D eigenvalue weighted by molar-refractivity contribution is 1.08. The Morgan fingerprint density at radius 3 is 1.55 bits per heavy atom. The van der Waals surface area contributed by atoms with E-state index in [2.05, 4.69) is 97.1 Å². The molecule has 53 heavy (non-hydrogen) atoms. The van der Waals surface area contributed by atoms with Gasteiger partial charge in [-0.2, -0.15) is 0 Å². The highest BCUT2D eigenvalue weighted by Gasteiger charge is 2.18. The van der Waals surface area contributed by atoms with E-state index >= 15 is 0 Å². The molecule has 0 fully saturated rings. The van der Waals surface area contributed by atoms with Gasteiger partial charge in [0.25, 0.3) is 0 Å². The highest BCUT2D eigenvalue weighted by molar-refractivity contribution is 7.26. The van der Waals surface area contributed by atoms with Gasteiger partial charge in [-0.3, -0.25) is 0 Å². The van der Waals surface area contributed by atoms with E-state index in [-0.39, 0.29) is 0 Å². The molecule has 0 saturated heterocycles. The number of aromatic nitrogens is 5. The number of fused-ring (bicyclic) bond motifs is 4. The largest absolute Gasteiger partial charge is 0.228 e. The van der Waals surface area contributed by atoms with E-state index in [1.54, 1.807) is 11.3 Å². The molecule has 5 nitrogen and oxygen atoms in total. The first-order chi connectivity index (χ1) is 26.2. The highest BCUT2D eigenvalue weighted by atomic mass is 32.1. The van der Waals surface area contributed by atoms with Crippen LogP contribution in [0.1, 0.15) is 0 Å². The summed E-state index contributed by atoms with van der Waals surface area (Å²) in [6.45, 7) is 0. The van der Waals surface area contributed by atoms with E-state index in [1.807, 2.05) is 78.9 Å². The van der Waals surface area contributed by atoms with Crippen molar-refractivity contribution in [2.24, 2.45) is 0 Å². The van der Waals surface area contributed by atoms with Gasteiger partial charge in [0, 0.05) is 53.4 Å². The molecule has 3 aromatic heterocycles. The van der Waals surface area contributed by atoms with E-state index in [4.69, 9.17) is 24.9 Å². The van der Waals surface area contributed by atoms with E-state index in [9.17, 15) is 0 Å². The Bertz CT molecular complexity index is 2870. The molecule has 7 aromatic carbocycles. The molecule has 0 radical (unpaired) electrons. The van der Waals surface area contributed by atoms with Crippen LogP contribution in [0.15, 0.2) is 176 Å². The van der Waals surface area contributed by atoms with E-state index in [0.29, 0.717) is 23.3 Å². The van der Waals surface area contributed by atoms with Crippen LogP contribution in [0.5, 0.6) is 0 Å². The molecule has 0 bridgehead atoms. The third kappa shape index (κ3) is 5.72. The number of para-hydroxylation sites is 1. The van der Waals surface area contributed by atoms with Crippen molar-refractivity contribution in [2.75, 3.05) is 0 Å². The molecule has 0 N–H and O–H groups in total. The topological polar surface area (TPSA) is 64.5 Å². The third-order valence-corrected chi connectivity index (χ3v) is 10.8. The number of rotatable bonds is 6. The molecule has 0 unspecified atom stereocenters. The average Bonchev–Trinajstić information content (AvgIpc) is 3.62. The van der Waals surface area contributed by atoms with E-state index in [1.165, 1.54) is 16.5 Å².